The molecule has 0 spiro atoms. The summed E-state index contributed by atoms with van der Waals surface area (Å²) in [5.74, 6) is 2.26. The van der Waals surface area contributed by atoms with Gasteiger partial charge in [0, 0.05) is 37.0 Å². The van der Waals surface area contributed by atoms with Crippen LogP contribution in [-0.4, -0.2) is 40.1 Å². The number of likely N-dealkylation sites (tertiary alicyclic amines) is 1. The number of ether oxygens (including phenoxy) is 1. The number of nitrogens with zero attached hydrogens (tertiary/aromatic N) is 3. The summed E-state index contributed by atoms with van der Waals surface area (Å²) >= 11 is 6.10. The number of imidazole rings is 1. The summed E-state index contributed by atoms with van der Waals surface area (Å²) in [4.78, 5) is 19.5. The topological polar surface area (TPSA) is 47.4 Å². The first kappa shape index (κ1) is 21.7. The number of carbonyl (C=O) groups excluding carboxylic acids is 1. The van der Waals surface area contributed by atoms with Gasteiger partial charge < -0.3 is 14.2 Å². The first-order chi connectivity index (χ1) is 15.1. The van der Waals surface area contributed by atoms with E-state index in [-0.39, 0.29) is 11.8 Å². The van der Waals surface area contributed by atoms with Gasteiger partial charge in [-0.15, -0.1) is 0 Å². The summed E-state index contributed by atoms with van der Waals surface area (Å²) in [6.45, 7) is 7.17. The molecule has 0 aliphatic carbocycles. The van der Waals surface area contributed by atoms with Gasteiger partial charge in [-0.3, -0.25) is 4.79 Å². The van der Waals surface area contributed by atoms with E-state index >= 15 is 0 Å². The summed E-state index contributed by atoms with van der Waals surface area (Å²) in [6, 6.07) is 14.0. The number of benzene rings is 2. The Morgan fingerprint density at radius 3 is 2.81 bits per heavy atom. The summed E-state index contributed by atoms with van der Waals surface area (Å²) in [7, 11) is 0. The van der Waals surface area contributed by atoms with E-state index < -0.39 is 0 Å². The van der Waals surface area contributed by atoms with Gasteiger partial charge in [0.1, 0.15) is 11.6 Å². The van der Waals surface area contributed by atoms with Crippen molar-refractivity contribution in [3.05, 3.63) is 58.9 Å². The first-order valence-electron chi connectivity index (χ1n) is 11.2. The molecule has 4 rings (SSSR count). The molecular weight excluding hydrogens is 410 g/mol. The van der Waals surface area contributed by atoms with E-state index in [1.54, 1.807) is 0 Å². The fourth-order valence-corrected chi connectivity index (χ4v) is 4.39. The molecule has 1 fully saturated rings. The van der Waals surface area contributed by atoms with Crippen molar-refractivity contribution in [3.8, 4) is 5.75 Å². The molecule has 164 valence electrons. The van der Waals surface area contributed by atoms with Crippen molar-refractivity contribution in [2.24, 2.45) is 0 Å². The lowest BCUT2D eigenvalue weighted by atomic mass is 10.1. The van der Waals surface area contributed by atoms with Crippen molar-refractivity contribution in [2.75, 3.05) is 19.7 Å². The molecule has 0 bridgehead atoms. The van der Waals surface area contributed by atoms with Gasteiger partial charge >= 0.3 is 0 Å². The van der Waals surface area contributed by atoms with Crippen LogP contribution >= 0.6 is 11.6 Å². The molecule has 0 N–H and O–H groups in total. The maximum Gasteiger partial charge on any atom is 0.223 e. The van der Waals surface area contributed by atoms with Crippen LogP contribution in [0.3, 0.4) is 0 Å². The van der Waals surface area contributed by atoms with E-state index in [0.717, 1.165) is 72.1 Å². The lowest BCUT2D eigenvalue weighted by molar-refractivity contribution is -0.127. The number of hydrogen-bond acceptors (Lipinski definition) is 3. The smallest absolute Gasteiger partial charge is 0.223 e. The molecule has 1 saturated heterocycles. The highest BCUT2D eigenvalue weighted by atomic mass is 35.5. The quantitative estimate of drug-likeness (QED) is 0.408. The zero-order valence-electron chi connectivity index (χ0n) is 18.3. The number of fused-ring (bicyclic) bond motifs is 1. The summed E-state index contributed by atoms with van der Waals surface area (Å²) in [6.07, 6.45) is 3.55. The molecule has 31 heavy (non-hydrogen) atoms. The van der Waals surface area contributed by atoms with Gasteiger partial charge in [0.15, 0.2) is 0 Å². The number of aromatic nitrogens is 2. The Labute approximate surface area is 189 Å². The second kappa shape index (κ2) is 9.73. The molecule has 1 aliphatic heterocycles. The minimum absolute atomic E-state index is 0.150. The number of carbonyl (C=O) groups is 1. The molecule has 0 saturated carbocycles. The molecule has 1 aliphatic rings. The van der Waals surface area contributed by atoms with Crippen molar-refractivity contribution in [3.63, 3.8) is 0 Å². The molecule has 2 aromatic carbocycles. The number of hydrogen-bond donors (Lipinski definition) is 0. The number of amides is 1. The van der Waals surface area contributed by atoms with Crippen molar-refractivity contribution in [1.29, 1.82) is 0 Å². The van der Waals surface area contributed by atoms with Gasteiger partial charge in [0.2, 0.25) is 5.91 Å². The van der Waals surface area contributed by atoms with Gasteiger partial charge in [0.25, 0.3) is 0 Å². The number of halogens is 1. The van der Waals surface area contributed by atoms with E-state index in [0.29, 0.717) is 13.0 Å². The molecular formula is C25H30ClN3O2. The minimum atomic E-state index is 0.150. The molecule has 1 aromatic heterocycles. The molecule has 6 heteroatoms. The Balaban J connectivity index is 1.46. The standard InChI is InChI=1S/C25H30ClN3O2/c1-3-4-12-28-17-19(16-24(28)30)25-27-22-8-5-6-9-23(22)29(25)13-7-14-31-20-10-11-21(26)18(2)15-20/h5-6,8-11,15,19H,3-4,7,12-14,16-17H2,1-2H3/t19-/m1/s1. The number of rotatable bonds is 9. The normalized spacial score (nSPS) is 16.4. The summed E-state index contributed by atoms with van der Waals surface area (Å²) in [5, 5.41) is 0.751. The lowest BCUT2D eigenvalue weighted by Crippen LogP contribution is -2.26. The predicted octanol–water partition coefficient (Wildman–Crippen LogP) is 5.58. The van der Waals surface area contributed by atoms with Gasteiger partial charge in [-0.25, -0.2) is 4.98 Å². The second-order valence-electron chi connectivity index (χ2n) is 8.32. The zero-order chi connectivity index (χ0) is 21.8. The number of aryl methyl sites for hydroxylation is 2. The van der Waals surface area contributed by atoms with Crippen LogP contribution in [0.5, 0.6) is 5.75 Å². The summed E-state index contributed by atoms with van der Waals surface area (Å²) in [5.41, 5.74) is 3.13. The highest BCUT2D eigenvalue weighted by Crippen LogP contribution is 2.31. The van der Waals surface area contributed by atoms with Crippen LogP contribution in [0.15, 0.2) is 42.5 Å². The maximum atomic E-state index is 12.5. The Morgan fingerprint density at radius 2 is 2.00 bits per heavy atom. The van der Waals surface area contributed by atoms with Crippen molar-refractivity contribution in [1.82, 2.24) is 14.5 Å². The Kier molecular flexibility index (Phi) is 6.81. The molecule has 2 heterocycles. The average Bonchev–Trinajstić information content (AvgIpc) is 3.32. The molecule has 0 radical (unpaired) electrons. The van der Waals surface area contributed by atoms with Crippen LogP contribution in [-0.2, 0) is 11.3 Å². The highest BCUT2D eigenvalue weighted by Gasteiger charge is 2.33. The van der Waals surface area contributed by atoms with Gasteiger partial charge in [-0.2, -0.15) is 0 Å². The molecule has 5 nitrogen and oxygen atoms in total. The number of unbranched alkanes of at least 4 members (excludes halogenated alkanes) is 1. The van der Waals surface area contributed by atoms with Crippen molar-refractivity contribution in [2.45, 2.75) is 52.0 Å². The lowest BCUT2D eigenvalue weighted by Gasteiger charge is -2.17. The van der Waals surface area contributed by atoms with Crippen molar-refractivity contribution >= 4 is 28.5 Å². The Hall–Kier alpha value is -2.53. The third-order valence-corrected chi connectivity index (χ3v) is 6.39. The predicted molar refractivity (Wildman–Crippen MR) is 125 cm³/mol. The van der Waals surface area contributed by atoms with Crippen LogP contribution < -0.4 is 4.74 Å². The largest absolute Gasteiger partial charge is 0.494 e. The fourth-order valence-electron chi connectivity index (χ4n) is 4.27. The van der Waals surface area contributed by atoms with Gasteiger partial charge in [0.05, 0.1) is 17.6 Å². The zero-order valence-corrected chi connectivity index (χ0v) is 19.1. The Morgan fingerprint density at radius 1 is 1.16 bits per heavy atom. The third kappa shape index (κ3) is 4.87. The van der Waals surface area contributed by atoms with E-state index in [4.69, 9.17) is 21.3 Å². The molecule has 1 atom stereocenters. The van der Waals surface area contributed by atoms with Crippen LogP contribution in [0, 0.1) is 6.92 Å². The SMILES string of the molecule is CCCCN1C[C@H](c2nc3ccccc3n2CCCOc2ccc(Cl)c(C)c2)CC1=O. The van der Waals surface area contributed by atoms with Crippen LogP contribution in [0.25, 0.3) is 11.0 Å². The van der Waals surface area contributed by atoms with Gasteiger partial charge in [-0.05, 0) is 55.7 Å². The monoisotopic (exact) mass is 439 g/mol. The van der Waals surface area contributed by atoms with Gasteiger partial charge in [-0.1, -0.05) is 37.1 Å². The van der Waals surface area contributed by atoms with E-state index in [9.17, 15) is 4.79 Å². The molecule has 1 amide bonds. The molecule has 0 unspecified atom stereocenters. The molecule has 3 aromatic rings. The van der Waals surface area contributed by atoms with E-state index in [2.05, 4.69) is 17.6 Å². The highest BCUT2D eigenvalue weighted by molar-refractivity contribution is 6.31. The summed E-state index contributed by atoms with van der Waals surface area (Å²) < 4.78 is 8.23. The van der Waals surface area contributed by atoms with Crippen LogP contribution in [0.1, 0.15) is 49.9 Å². The second-order valence-corrected chi connectivity index (χ2v) is 8.72. The fraction of sp³-hybridized carbons (Fsp3) is 0.440. The number of para-hydroxylation sites is 2. The van der Waals surface area contributed by atoms with E-state index in [1.807, 2.05) is 48.2 Å². The van der Waals surface area contributed by atoms with Crippen LogP contribution in [0.4, 0.5) is 0 Å². The average molecular weight is 440 g/mol. The van der Waals surface area contributed by atoms with Crippen molar-refractivity contribution < 1.29 is 9.53 Å². The maximum absolute atomic E-state index is 12.5. The third-order valence-electron chi connectivity index (χ3n) is 5.97. The van der Waals surface area contributed by atoms with E-state index in [1.165, 1.54) is 0 Å². The Bertz CT molecular complexity index is 1060. The first-order valence-corrected chi connectivity index (χ1v) is 11.6. The minimum Gasteiger partial charge on any atom is -0.494 e. The van der Waals surface area contributed by atoms with Crippen LogP contribution in [0.2, 0.25) is 5.02 Å².